The van der Waals surface area contributed by atoms with Crippen LogP contribution in [0.3, 0.4) is 0 Å². The summed E-state index contributed by atoms with van der Waals surface area (Å²) < 4.78 is 29.0. The highest BCUT2D eigenvalue weighted by atomic mass is 32.2. The summed E-state index contributed by atoms with van der Waals surface area (Å²) in [4.78, 5) is 12.8. The molecule has 4 rings (SSSR count). The number of benzene rings is 2. The largest absolute Gasteiger partial charge is 0.451 e. The Labute approximate surface area is 152 Å². The number of carbonyl (C=O) groups excluding carboxylic acids is 1. The van der Waals surface area contributed by atoms with Crippen LogP contribution in [0.1, 0.15) is 36.8 Å². The third-order valence-electron chi connectivity index (χ3n) is 5.14. The Hall–Kier alpha value is -2.44. The van der Waals surface area contributed by atoms with Gasteiger partial charge in [0.05, 0.1) is 10.5 Å². The first-order valence-corrected chi connectivity index (χ1v) is 10.1. The molecule has 134 valence electrons. The molecule has 1 saturated carbocycles. The van der Waals surface area contributed by atoms with Gasteiger partial charge in [0.25, 0.3) is 0 Å². The van der Waals surface area contributed by atoms with Crippen LogP contribution in [0.5, 0.6) is 0 Å². The molecule has 0 amide bonds. The van der Waals surface area contributed by atoms with Crippen LogP contribution in [0, 0.1) is 0 Å². The Kier molecular flexibility index (Phi) is 3.97. The van der Waals surface area contributed by atoms with E-state index >= 15 is 0 Å². The zero-order valence-corrected chi connectivity index (χ0v) is 15.0. The van der Waals surface area contributed by atoms with E-state index in [2.05, 4.69) is 0 Å². The van der Waals surface area contributed by atoms with E-state index in [4.69, 9.17) is 9.88 Å². The Morgan fingerprint density at radius 1 is 0.885 bits per heavy atom. The van der Waals surface area contributed by atoms with E-state index in [0.29, 0.717) is 5.57 Å². The van der Waals surface area contributed by atoms with Gasteiger partial charge in [0, 0.05) is 5.57 Å². The summed E-state index contributed by atoms with van der Waals surface area (Å²) in [7, 11) is -3.76. The fourth-order valence-corrected chi connectivity index (χ4v) is 4.51. The minimum Gasteiger partial charge on any atom is -0.451 e. The molecule has 2 aliphatic rings. The molecule has 6 heteroatoms. The fourth-order valence-electron chi connectivity index (χ4n) is 3.99. The Bertz CT molecular complexity index is 986. The highest BCUT2D eigenvalue weighted by Crippen LogP contribution is 2.52. The van der Waals surface area contributed by atoms with Gasteiger partial charge >= 0.3 is 5.97 Å². The van der Waals surface area contributed by atoms with Gasteiger partial charge in [0.2, 0.25) is 10.0 Å². The number of esters is 1. The average Bonchev–Trinajstić information content (AvgIpc) is 3.19. The SMILES string of the molecule is NS(=O)(=O)c1ccc(C2=C(c3ccccc3)C(=O)OC23CCCC3)cc1. The van der Waals surface area contributed by atoms with Crippen LogP contribution in [-0.2, 0) is 19.6 Å². The van der Waals surface area contributed by atoms with E-state index in [0.717, 1.165) is 42.4 Å². The van der Waals surface area contributed by atoms with Crippen LogP contribution in [0.25, 0.3) is 11.1 Å². The Morgan fingerprint density at radius 3 is 2.08 bits per heavy atom. The van der Waals surface area contributed by atoms with E-state index in [1.54, 1.807) is 12.1 Å². The first-order valence-electron chi connectivity index (χ1n) is 8.57. The summed E-state index contributed by atoms with van der Waals surface area (Å²) in [6.45, 7) is 0. The molecule has 1 aliphatic carbocycles. The lowest BCUT2D eigenvalue weighted by atomic mass is 9.83. The van der Waals surface area contributed by atoms with Crippen molar-refractivity contribution in [3.8, 4) is 0 Å². The molecule has 1 aliphatic heterocycles. The Morgan fingerprint density at radius 2 is 1.50 bits per heavy atom. The third-order valence-corrected chi connectivity index (χ3v) is 6.07. The van der Waals surface area contributed by atoms with Crippen LogP contribution >= 0.6 is 0 Å². The summed E-state index contributed by atoms with van der Waals surface area (Å²) in [5.74, 6) is -0.316. The monoisotopic (exact) mass is 369 g/mol. The number of ether oxygens (including phenoxy) is 1. The number of rotatable bonds is 3. The van der Waals surface area contributed by atoms with Gasteiger partial charge in [-0.15, -0.1) is 0 Å². The lowest BCUT2D eigenvalue weighted by Crippen LogP contribution is -2.27. The van der Waals surface area contributed by atoms with E-state index < -0.39 is 15.6 Å². The number of carbonyl (C=O) groups is 1. The van der Waals surface area contributed by atoms with Crippen molar-refractivity contribution < 1.29 is 17.9 Å². The molecule has 0 bridgehead atoms. The van der Waals surface area contributed by atoms with Gasteiger partial charge in [0.15, 0.2) is 0 Å². The fraction of sp³-hybridized carbons (Fsp3) is 0.250. The van der Waals surface area contributed by atoms with Crippen LogP contribution in [0.2, 0.25) is 0 Å². The maximum absolute atomic E-state index is 12.7. The summed E-state index contributed by atoms with van der Waals surface area (Å²) in [5, 5.41) is 5.20. The van der Waals surface area contributed by atoms with Crippen molar-refractivity contribution in [2.45, 2.75) is 36.2 Å². The summed E-state index contributed by atoms with van der Waals surface area (Å²) in [6, 6.07) is 15.8. The molecule has 5 nitrogen and oxygen atoms in total. The van der Waals surface area contributed by atoms with Gasteiger partial charge in [-0.2, -0.15) is 0 Å². The quantitative estimate of drug-likeness (QED) is 0.842. The van der Waals surface area contributed by atoms with E-state index in [9.17, 15) is 13.2 Å². The van der Waals surface area contributed by atoms with Gasteiger partial charge < -0.3 is 4.74 Å². The molecule has 0 atom stereocenters. The van der Waals surface area contributed by atoms with Crippen LogP contribution in [-0.4, -0.2) is 20.0 Å². The number of primary sulfonamides is 1. The van der Waals surface area contributed by atoms with Gasteiger partial charge in [-0.3, -0.25) is 0 Å². The summed E-state index contributed by atoms with van der Waals surface area (Å²) in [5.41, 5.74) is 2.41. The summed E-state index contributed by atoms with van der Waals surface area (Å²) >= 11 is 0. The molecule has 2 N–H and O–H groups in total. The first-order chi connectivity index (χ1) is 12.4. The van der Waals surface area contributed by atoms with Crippen molar-refractivity contribution >= 4 is 27.1 Å². The highest BCUT2D eigenvalue weighted by Gasteiger charge is 2.49. The zero-order chi connectivity index (χ0) is 18.4. The zero-order valence-electron chi connectivity index (χ0n) is 14.1. The molecule has 2 aromatic rings. The summed E-state index contributed by atoms with van der Waals surface area (Å²) in [6.07, 6.45) is 3.55. The van der Waals surface area contributed by atoms with Gasteiger partial charge in [0.1, 0.15) is 5.60 Å². The van der Waals surface area contributed by atoms with Gasteiger partial charge in [-0.05, 0) is 48.9 Å². The number of nitrogens with two attached hydrogens (primary N) is 1. The van der Waals surface area contributed by atoms with Crippen molar-refractivity contribution in [1.29, 1.82) is 0 Å². The topological polar surface area (TPSA) is 86.5 Å². The molecular formula is C20H19NO4S. The van der Waals surface area contributed by atoms with Crippen LogP contribution in [0.15, 0.2) is 59.5 Å². The molecule has 26 heavy (non-hydrogen) atoms. The highest BCUT2D eigenvalue weighted by molar-refractivity contribution is 7.89. The smallest absolute Gasteiger partial charge is 0.340 e. The maximum Gasteiger partial charge on any atom is 0.340 e. The molecule has 1 heterocycles. The second kappa shape index (κ2) is 6.07. The van der Waals surface area contributed by atoms with E-state index in [1.807, 2.05) is 30.3 Å². The van der Waals surface area contributed by atoms with Gasteiger partial charge in [-0.25, -0.2) is 18.4 Å². The maximum atomic E-state index is 12.7. The lowest BCUT2D eigenvalue weighted by molar-refractivity contribution is -0.143. The standard InChI is InChI=1S/C20H19NO4S/c21-26(23,24)16-10-8-15(9-11-16)18-17(14-6-2-1-3-7-14)19(22)25-20(18)12-4-5-13-20/h1-3,6-11H,4-5,12-13H2,(H2,21,23,24). The normalized spacial score (nSPS) is 19.2. The first kappa shape index (κ1) is 17.0. The molecule has 0 aromatic heterocycles. The van der Waals surface area contributed by atoms with E-state index in [1.165, 1.54) is 12.1 Å². The molecule has 0 saturated heterocycles. The minimum atomic E-state index is -3.76. The van der Waals surface area contributed by atoms with Crippen molar-refractivity contribution in [2.75, 3.05) is 0 Å². The molecule has 0 unspecified atom stereocenters. The molecule has 2 aromatic carbocycles. The van der Waals surface area contributed by atoms with E-state index in [-0.39, 0.29) is 10.9 Å². The molecule has 0 radical (unpaired) electrons. The second-order valence-corrected chi connectivity index (χ2v) is 8.34. The molecule has 1 spiro atoms. The predicted octanol–water partition coefficient (Wildman–Crippen LogP) is 3.11. The van der Waals surface area contributed by atoms with Crippen molar-refractivity contribution in [3.63, 3.8) is 0 Å². The lowest BCUT2D eigenvalue weighted by Gasteiger charge is -2.26. The number of hydrogen-bond donors (Lipinski definition) is 1. The number of sulfonamides is 1. The average molecular weight is 369 g/mol. The van der Waals surface area contributed by atoms with Gasteiger partial charge in [-0.1, -0.05) is 42.5 Å². The second-order valence-electron chi connectivity index (χ2n) is 6.78. The van der Waals surface area contributed by atoms with Crippen LogP contribution in [0.4, 0.5) is 0 Å². The number of hydrogen-bond acceptors (Lipinski definition) is 4. The van der Waals surface area contributed by atoms with Crippen molar-refractivity contribution in [2.24, 2.45) is 5.14 Å². The van der Waals surface area contributed by atoms with Crippen LogP contribution < -0.4 is 5.14 Å². The van der Waals surface area contributed by atoms with Crippen molar-refractivity contribution in [3.05, 3.63) is 65.7 Å². The minimum absolute atomic E-state index is 0.0498. The molecular weight excluding hydrogens is 350 g/mol. The predicted molar refractivity (Wildman–Crippen MR) is 98.4 cm³/mol. The van der Waals surface area contributed by atoms with Crippen molar-refractivity contribution in [1.82, 2.24) is 0 Å². The third kappa shape index (κ3) is 2.75. The molecule has 1 fully saturated rings. The Balaban J connectivity index is 1.92.